The predicted molar refractivity (Wildman–Crippen MR) is 104 cm³/mol. The number of carbonyl (C=O) groups is 2. The van der Waals surface area contributed by atoms with Gasteiger partial charge in [-0.25, -0.2) is 0 Å². The molecule has 2 amide bonds. The number of carbonyl (C=O) groups excluding carboxylic acids is 2. The van der Waals surface area contributed by atoms with Gasteiger partial charge in [0.1, 0.15) is 6.33 Å². The number of rotatable bonds is 9. The average molecular weight is 375 g/mol. The number of aryl methyl sites for hydroxylation is 1. The van der Waals surface area contributed by atoms with Gasteiger partial charge >= 0.3 is 0 Å². The third kappa shape index (κ3) is 6.18. The highest BCUT2D eigenvalue weighted by atomic mass is 32.2. The zero-order valence-electron chi connectivity index (χ0n) is 15.4. The summed E-state index contributed by atoms with van der Waals surface area (Å²) in [5, 5.41) is 14.1. The number of amides is 2. The summed E-state index contributed by atoms with van der Waals surface area (Å²) in [4.78, 5) is 23.4. The summed E-state index contributed by atoms with van der Waals surface area (Å²) in [5.41, 5.74) is 1.37. The van der Waals surface area contributed by atoms with Crippen LogP contribution >= 0.6 is 11.8 Å². The van der Waals surface area contributed by atoms with Crippen LogP contribution in [-0.2, 0) is 16.1 Å². The van der Waals surface area contributed by atoms with Gasteiger partial charge in [-0.15, -0.1) is 10.2 Å². The molecule has 0 aliphatic heterocycles. The van der Waals surface area contributed by atoms with Gasteiger partial charge in [0.25, 0.3) is 0 Å². The second-order valence-electron chi connectivity index (χ2n) is 6.02. The van der Waals surface area contributed by atoms with Gasteiger partial charge < -0.3 is 15.2 Å². The van der Waals surface area contributed by atoms with Crippen molar-refractivity contribution < 1.29 is 9.59 Å². The summed E-state index contributed by atoms with van der Waals surface area (Å²) in [6.07, 6.45) is 5.10. The first-order valence-corrected chi connectivity index (χ1v) is 9.60. The summed E-state index contributed by atoms with van der Waals surface area (Å²) in [7, 11) is 0. The minimum absolute atomic E-state index is 0.106. The van der Waals surface area contributed by atoms with Crippen molar-refractivity contribution >= 4 is 35.0 Å². The number of hydrogen-bond donors (Lipinski definition) is 2. The van der Waals surface area contributed by atoms with Gasteiger partial charge in [0.2, 0.25) is 11.8 Å². The van der Waals surface area contributed by atoms with Crippen LogP contribution in [0.5, 0.6) is 0 Å². The van der Waals surface area contributed by atoms with E-state index >= 15 is 0 Å². The number of unbranched alkanes of at least 4 members (excludes halogenated alkanes) is 2. The molecule has 26 heavy (non-hydrogen) atoms. The number of thioether (sulfide) groups is 1. The number of anilines is 2. The predicted octanol–water partition coefficient (Wildman–Crippen LogP) is 3.55. The molecule has 0 aliphatic rings. The monoisotopic (exact) mass is 375 g/mol. The van der Waals surface area contributed by atoms with Gasteiger partial charge in [0.05, 0.1) is 5.25 Å². The van der Waals surface area contributed by atoms with Gasteiger partial charge in [0, 0.05) is 24.8 Å². The van der Waals surface area contributed by atoms with E-state index in [0.717, 1.165) is 31.0 Å². The number of nitrogens with zero attached hydrogens (tertiary/aromatic N) is 3. The Hall–Kier alpha value is -2.35. The fraction of sp³-hybridized carbons (Fsp3) is 0.444. The van der Waals surface area contributed by atoms with Crippen LogP contribution in [0.3, 0.4) is 0 Å². The molecule has 2 aromatic rings. The normalized spacial score (nSPS) is 11.8. The van der Waals surface area contributed by atoms with E-state index in [9.17, 15) is 9.59 Å². The van der Waals surface area contributed by atoms with E-state index in [0.29, 0.717) is 11.4 Å². The fourth-order valence-electron chi connectivity index (χ4n) is 2.32. The van der Waals surface area contributed by atoms with Gasteiger partial charge in [-0.2, -0.15) is 0 Å². The summed E-state index contributed by atoms with van der Waals surface area (Å²) in [5.74, 6) is -0.236. The molecule has 2 N–H and O–H groups in total. The van der Waals surface area contributed by atoms with E-state index in [1.165, 1.54) is 18.7 Å². The lowest BCUT2D eigenvalue weighted by Gasteiger charge is -2.13. The summed E-state index contributed by atoms with van der Waals surface area (Å²) in [6, 6.07) is 7.01. The Morgan fingerprint density at radius 1 is 1.15 bits per heavy atom. The zero-order chi connectivity index (χ0) is 18.9. The lowest BCUT2D eigenvalue weighted by molar-refractivity contribution is -0.115. The van der Waals surface area contributed by atoms with Crippen LogP contribution < -0.4 is 10.6 Å². The van der Waals surface area contributed by atoms with Crippen molar-refractivity contribution in [2.45, 2.75) is 57.0 Å². The maximum absolute atomic E-state index is 12.4. The third-order valence-corrected chi connectivity index (χ3v) is 4.80. The molecule has 0 spiro atoms. The van der Waals surface area contributed by atoms with Crippen LogP contribution in [0.25, 0.3) is 0 Å². The Balaban J connectivity index is 1.89. The van der Waals surface area contributed by atoms with Gasteiger partial charge in [-0.05, 0) is 37.6 Å². The standard InChI is InChI=1S/C18H25N5O2S/c1-4-5-6-11-23-12-19-22-18(23)26-13(2)17(25)21-16-9-7-15(8-10-16)20-14(3)24/h7-10,12-13H,4-6,11H2,1-3H3,(H,20,24)(H,21,25)/t13-/m0/s1. The minimum atomic E-state index is -0.306. The first-order valence-electron chi connectivity index (χ1n) is 8.72. The van der Waals surface area contributed by atoms with E-state index in [-0.39, 0.29) is 17.1 Å². The first-order chi connectivity index (χ1) is 12.5. The topological polar surface area (TPSA) is 88.9 Å². The Kier molecular flexibility index (Phi) is 7.65. The Morgan fingerprint density at radius 2 is 1.81 bits per heavy atom. The molecule has 1 aromatic heterocycles. The third-order valence-electron chi connectivity index (χ3n) is 3.71. The Bertz CT molecular complexity index is 729. The molecule has 0 bridgehead atoms. The van der Waals surface area contributed by atoms with E-state index in [2.05, 4.69) is 27.8 Å². The van der Waals surface area contributed by atoms with Crippen molar-refractivity contribution in [3.8, 4) is 0 Å². The highest BCUT2D eigenvalue weighted by Gasteiger charge is 2.18. The van der Waals surface area contributed by atoms with Crippen molar-refractivity contribution in [2.24, 2.45) is 0 Å². The highest BCUT2D eigenvalue weighted by molar-refractivity contribution is 8.00. The maximum atomic E-state index is 12.4. The highest BCUT2D eigenvalue weighted by Crippen LogP contribution is 2.23. The molecule has 1 heterocycles. The van der Waals surface area contributed by atoms with Crippen LogP contribution in [0.1, 0.15) is 40.0 Å². The van der Waals surface area contributed by atoms with Crippen LogP contribution in [0, 0.1) is 0 Å². The molecule has 0 radical (unpaired) electrons. The molecule has 0 aliphatic carbocycles. The van der Waals surface area contributed by atoms with Crippen molar-refractivity contribution in [1.29, 1.82) is 0 Å². The van der Waals surface area contributed by atoms with Crippen molar-refractivity contribution in [1.82, 2.24) is 14.8 Å². The second-order valence-corrected chi connectivity index (χ2v) is 7.33. The largest absolute Gasteiger partial charge is 0.326 e. The van der Waals surface area contributed by atoms with E-state index in [4.69, 9.17) is 0 Å². The van der Waals surface area contributed by atoms with Crippen molar-refractivity contribution in [2.75, 3.05) is 10.6 Å². The van der Waals surface area contributed by atoms with E-state index < -0.39 is 0 Å². The molecule has 8 heteroatoms. The molecule has 7 nitrogen and oxygen atoms in total. The molecule has 0 unspecified atom stereocenters. The van der Waals surface area contributed by atoms with Gasteiger partial charge in [-0.1, -0.05) is 31.5 Å². The van der Waals surface area contributed by atoms with Crippen LogP contribution in [0.4, 0.5) is 11.4 Å². The Morgan fingerprint density at radius 3 is 2.42 bits per heavy atom. The van der Waals surface area contributed by atoms with Gasteiger partial charge in [-0.3, -0.25) is 9.59 Å². The lowest BCUT2D eigenvalue weighted by atomic mass is 10.2. The van der Waals surface area contributed by atoms with Crippen molar-refractivity contribution in [3.05, 3.63) is 30.6 Å². The molecule has 140 valence electrons. The number of benzene rings is 1. The molecule has 0 fully saturated rings. The van der Waals surface area contributed by atoms with E-state index in [1.54, 1.807) is 30.6 Å². The number of hydrogen-bond acceptors (Lipinski definition) is 5. The second kappa shape index (κ2) is 9.96. The molecular weight excluding hydrogens is 350 g/mol. The summed E-state index contributed by atoms with van der Waals surface area (Å²) >= 11 is 1.39. The zero-order valence-corrected chi connectivity index (χ0v) is 16.2. The quantitative estimate of drug-likeness (QED) is 0.517. The maximum Gasteiger partial charge on any atom is 0.237 e. The minimum Gasteiger partial charge on any atom is -0.326 e. The average Bonchev–Trinajstić information content (AvgIpc) is 3.03. The fourth-order valence-corrected chi connectivity index (χ4v) is 3.17. The van der Waals surface area contributed by atoms with E-state index in [1.807, 2.05) is 11.5 Å². The number of nitrogens with one attached hydrogen (secondary N) is 2. The summed E-state index contributed by atoms with van der Waals surface area (Å²) in [6.45, 7) is 6.32. The smallest absolute Gasteiger partial charge is 0.237 e. The van der Waals surface area contributed by atoms with Crippen molar-refractivity contribution in [3.63, 3.8) is 0 Å². The lowest BCUT2D eigenvalue weighted by Crippen LogP contribution is -2.23. The Labute approximate surface area is 158 Å². The SMILES string of the molecule is CCCCCn1cnnc1S[C@@H](C)C(=O)Nc1ccc(NC(C)=O)cc1. The molecule has 1 aromatic carbocycles. The molecule has 0 saturated carbocycles. The molecule has 0 saturated heterocycles. The molecule has 1 atom stereocenters. The molecular formula is C18H25N5O2S. The van der Waals surface area contributed by atoms with Crippen LogP contribution in [0.15, 0.2) is 35.7 Å². The van der Waals surface area contributed by atoms with Crippen LogP contribution in [0.2, 0.25) is 0 Å². The van der Waals surface area contributed by atoms with Crippen LogP contribution in [-0.4, -0.2) is 31.8 Å². The molecule has 2 rings (SSSR count). The summed E-state index contributed by atoms with van der Waals surface area (Å²) < 4.78 is 1.99. The van der Waals surface area contributed by atoms with Gasteiger partial charge in [0.15, 0.2) is 5.16 Å². The number of aromatic nitrogens is 3. The first kappa shape index (κ1) is 20.0.